The van der Waals surface area contributed by atoms with Crippen molar-refractivity contribution >= 4 is 5.91 Å². The predicted molar refractivity (Wildman–Crippen MR) is 135 cm³/mol. The molecular formula is C28H27N5O4. The molecule has 9 nitrogen and oxygen atoms in total. The summed E-state index contributed by atoms with van der Waals surface area (Å²) in [5, 5.41) is 13.6. The summed E-state index contributed by atoms with van der Waals surface area (Å²) in [5.74, 6) is -0.614. The Kier molecular flexibility index (Phi) is 6.15. The van der Waals surface area contributed by atoms with E-state index in [1.54, 1.807) is 23.2 Å². The van der Waals surface area contributed by atoms with E-state index in [9.17, 15) is 14.7 Å². The number of pyridine rings is 2. The molecule has 0 unspecified atom stereocenters. The lowest BCUT2D eigenvalue weighted by Crippen LogP contribution is -2.48. The van der Waals surface area contributed by atoms with Crippen molar-refractivity contribution in [2.24, 2.45) is 11.8 Å². The molecule has 2 N–H and O–H groups in total. The number of aliphatic hydroxyl groups excluding tert-OH is 1. The number of fused-ring (bicyclic) bond motifs is 3. The van der Waals surface area contributed by atoms with Crippen LogP contribution >= 0.6 is 0 Å². The Morgan fingerprint density at radius 3 is 2.73 bits per heavy atom. The van der Waals surface area contributed by atoms with Crippen LogP contribution in [0.4, 0.5) is 0 Å². The smallest absolute Gasteiger partial charge is 0.258 e. The van der Waals surface area contributed by atoms with Crippen LogP contribution < -0.4 is 10.9 Å². The molecule has 37 heavy (non-hydrogen) atoms. The van der Waals surface area contributed by atoms with Crippen LogP contribution in [0.15, 0.2) is 88.9 Å². The normalized spacial score (nSPS) is 22.5. The van der Waals surface area contributed by atoms with Crippen molar-refractivity contribution in [3.8, 4) is 11.1 Å². The molecule has 0 saturated carbocycles. The van der Waals surface area contributed by atoms with Gasteiger partial charge in [0.1, 0.15) is 6.26 Å². The van der Waals surface area contributed by atoms with Gasteiger partial charge in [-0.1, -0.05) is 36.4 Å². The molecular weight excluding hydrogens is 470 g/mol. The Bertz CT molecular complexity index is 1440. The zero-order valence-electron chi connectivity index (χ0n) is 20.1. The fourth-order valence-electron chi connectivity index (χ4n) is 5.92. The van der Waals surface area contributed by atoms with E-state index >= 15 is 0 Å². The summed E-state index contributed by atoms with van der Waals surface area (Å²) in [6, 6.07) is 16.4. The van der Waals surface area contributed by atoms with Gasteiger partial charge < -0.3 is 19.4 Å². The fraction of sp³-hybridized carbons (Fsp3) is 0.286. The van der Waals surface area contributed by atoms with Gasteiger partial charge in [-0.3, -0.25) is 19.5 Å². The molecule has 4 aromatic rings. The summed E-state index contributed by atoms with van der Waals surface area (Å²) in [7, 11) is 0. The summed E-state index contributed by atoms with van der Waals surface area (Å²) in [6.45, 7) is 1.01. The van der Waals surface area contributed by atoms with Crippen molar-refractivity contribution in [1.82, 2.24) is 24.8 Å². The van der Waals surface area contributed by atoms with E-state index in [1.165, 1.54) is 6.39 Å². The van der Waals surface area contributed by atoms with Crippen LogP contribution in [0.25, 0.3) is 11.1 Å². The van der Waals surface area contributed by atoms with Crippen molar-refractivity contribution in [3.05, 3.63) is 107 Å². The molecule has 0 aliphatic carbocycles. The second-order valence-corrected chi connectivity index (χ2v) is 9.58. The van der Waals surface area contributed by atoms with Crippen LogP contribution in [-0.2, 0) is 24.4 Å². The van der Waals surface area contributed by atoms with Gasteiger partial charge in [0, 0.05) is 67.3 Å². The number of hydrogen-bond donors (Lipinski definition) is 2. The number of rotatable bonds is 7. The average Bonchev–Trinajstić information content (AvgIpc) is 3.65. The third-order valence-corrected chi connectivity index (χ3v) is 7.57. The van der Waals surface area contributed by atoms with Crippen LogP contribution in [0.3, 0.4) is 0 Å². The number of carbonyl (C=O) groups excluding carboxylic acids is 1. The highest BCUT2D eigenvalue weighted by molar-refractivity contribution is 5.82. The van der Waals surface area contributed by atoms with Crippen LogP contribution in [0, 0.1) is 11.8 Å². The summed E-state index contributed by atoms with van der Waals surface area (Å²) >= 11 is 0. The molecule has 1 fully saturated rings. The maximum absolute atomic E-state index is 13.6. The maximum atomic E-state index is 13.6. The van der Waals surface area contributed by atoms with Gasteiger partial charge in [0.25, 0.3) is 5.56 Å². The van der Waals surface area contributed by atoms with Crippen molar-refractivity contribution in [3.63, 3.8) is 0 Å². The van der Waals surface area contributed by atoms with Crippen LogP contribution in [0.1, 0.15) is 23.0 Å². The number of likely N-dealkylation sites (tertiary alicyclic amines) is 1. The molecule has 1 aromatic carbocycles. The minimum Gasteiger partial charge on any atom is -0.451 e. The molecule has 3 aromatic heterocycles. The summed E-state index contributed by atoms with van der Waals surface area (Å²) in [5.41, 5.74) is 3.77. The molecule has 2 aliphatic rings. The van der Waals surface area contributed by atoms with E-state index in [2.05, 4.69) is 20.2 Å². The number of aromatic nitrogens is 3. The van der Waals surface area contributed by atoms with Gasteiger partial charge in [0.05, 0.1) is 17.8 Å². The Morgan fingerprint density at radius 1 is 1.14 bits per heavy atom. The molecule has 2 aliphatic heterocycles. The first kappa shape index (κ1) is 23.3. The highest BCUT2D eigenvalue weighted by atomic mass is 16.3. The largest absolute Gasteiger partial charge is 0.451 e. The van der Waals surface area contributed by atoms with Crippen molar-refractivity contribution in [2.75, 3.05) is 6.61 Å². The Hall–Kier alpha value is -4.08. The fourth-order valence-corrected chi connectivity index (χ4v) is 5.92. The number of benzene rings is 1. The van der Waals surface area contributed by atoms with Gasteiger partial charge >= 0.3 is 0 Å². The standard InChI is InChI=1S/C28H27N5O4/c34-15-23-22-14-32-24(9-8-21(28(32)36)19-7-4-10-29-12-19)25(22)33(13-20-16-37-17-31-20)26(23)27(35)30-11-18-5-2-1-3-6-18/h1-10,12,16-17,22-23,25-26,34H,11,13-15H2,(H,30,35)/t22-,23-,25+,26-/m0/s1. The minimum absolute atomic E-state index is 0.0944. The second kappa shape index (κ2) is 9.76. The topological polar surface area (TPSA) is 113 Å². The zero-order chi connectivity index (χ0) is 25.4. The average molecular weight is 498 g/mol. The highest BCUT2D eigenvalue weighted by Crippen LogP contribution is 2.49. The number of amides is 1. The maximum Gasteiger partial charge on any atom is 0.258 e. The molecule has 1 saturated heterocycles. The van der Waals surface area contributed by atoms with E-state index in [-0.39, 0.29) is 36.0 Å². The van der Waals surface area contributed by atoms with E-state index in [0.29, 0.717) is 30.9 Å². The van der Waals surface area contributed by atoms with Gasteiger partial charge in [-0.05, 0) is 23.8 Å². The second-order valence-electron chi connectivity index (χ2n) is 9.58. The van der Waals surface area contributed by atoms with Gasteiger partial charge in [0.2, 0.25) is 5.91 Å². The molecule has 0 radical (unpaired) electrons. The van der Waals surface area contributed by atoms with Gasteiger partial charge in [0.15, 0.2) is 6.39 Å². The summed E-state index contributed by atoms with van der Waals surface area (Å²) in [4.78, 5) is 37.6. The molecule has 5 heterocycles. The first-order chi connectivity index (χ1) is 18.2. The number of aliphatic hydroxyl groups is 1. The van der Waals surface area contributed by atoms with Crippen LogP contribution in [0.2, 0.25) is 0 Å². The predicted octanol–water partition coefficient (Wildman–Crippen LogP) is 2.38. The van der Waals surface area contributed by atoms with Crippen molar-refractivity contribution < 1.29 is 14.3 Å². The minimum atomic E-state index is -0.581. The Morgan fingerprint density at radius 2 is 2.00 bits per heavy atom. The number of hydrogen-bond acceptors (Lipinski definition) is 7. The number of nitrogens with one attached hydrogen (secondary N) is 1. The number of carbonyl (C=O) groups is 1. The first-order valence-corrected chi connectivity index (χ1v) is 12.3. The van der Waals surface area contributed by atoms with E-state index in [1.807, 2.05) is 54.6 Å². The molecule has 0 bridgehead atoms. The highest BCUT2D eigenvalue weighted by Gasteiger charge is 2.55. The molecule has 9 heteroatoms. The van der Waals surface area contributed by atoms with E-state index in [0.717, 1.165) is 16.8 Å². The van der Waals surface area contributed by atoms with E-state index in [4.69, 9.17) is 4.42 Å². The Labute approximate surface area is 213 Å². The van der Waals surface area contributed by atoms with Crippen LogP contribution in [-0.4, -0.2) is 43.1 Å². The Balaban J connectivity index is 1.36. The SMILES string of the molecule is O=C(NCc1ccccc1)[C@@H]1[C@@H](CO)[C@@H]2Cn3c(ccc(-c4cccnc4)c3=O)[C@@H]2N1Cc1cocn1. The van der Waals surface area contributed by atoms with Crippen molar-refractivity contribution in [1.29, 1.82) is 0 Å². The third-order valence-electron chi connectivity index (χ3n) is 7.57. The lowest BCUT2D eigenvalue weighted by Gasteiger charge is -2.30. The summed E-state index contributed by atoms with van der Waals surface area (Å²) in [6.07, 6.45) is 6.29. The molecule has 0 spiro atoms. The number of nitrogens with zero attached hydrogens (tertiary/aromatic N) is 4. The van der Waals surface area contributed by atoms with Crippen LogP contribution in [0.5, 0.6) is 0 Å². The summed E-state index contributed by atoms with van der Waals surface area (Å²) < 4.78 is 6.98. The molecule has 6 rings (SSSR count). The van der Waals surface area contributed by atoms with Crippen molar-refractivity contribution in [2.45, 2.75) is 31.7 Å². The monoisotopic (exact) mass is 497 g/mol. The lowest BCUT2D eigenvalue weighted by atomic mass is 9.88. The quantitative estimate of drug-likeness (QED) is 0.403. The third kappa shape index (κ3) is 4.16. The van der Waals surface area contributed by atoms with Gasteiger partial charge in [-0.2, -0.15) is 0 Å². The zero-order valence-corrected chi connectivity index (χ0v) is 20.1. The molecule has 188 valence electrons. The molecule has 4 atom stereocenters. The molecule has 1 amide bonds. The van der Waals surface area contributed by atoms with Gasteiger partial charge in [-0.25, -0.2) is 4.98 Å². The van der Waals surface area contributed by atoms with Gasteiger partial charge in [-0.15, -0.1) is 0 Å². The van der Waals surface area contributed by atoms with E-state index < -0.39 is 6.04 Å². The lowest BCUT2D eigenvalue weighted by molar-refractivity contribution is -0.128. The first-order valence-electron chi connectivity index (χ1n) is 12.3. The number of oxazole rings is 1.